The first kappa shape index (κ1) is 80.3. The number of amides is 12. The molecule has 3 N–H and O–H groups in total. The lowest BCUT2D eigenvalue weighted by atomic mass is 9.82. The lowest BCUT2D eigenvalue weighted by Gasteiger charge is -2.42. The summed E-state index contributed by atoms with van der Waals surface area (Å²) in [6.45, 7) is 6.23. The van der Waals surface area contributed by atoms with Crippen LogP contribution in [-0.2, 0) is 70.1 Å². The number of hydrogen-bond acceptors (Lipinski definition) is 12. The molecule has 1 spiro atoms. The van der Waals surface area contributed by atoms with E-state index in [0.29, 0.717) is 70.0 Å². The van der Waals surface area contributed by atoms with Crippen molar-refractivity contribution in [2.75, 3.05) is 88.6 Å². The highest BCUT2D eigenvalue weighted by Gasteiger charge is 2.51. The molecule has 6 aliphatic rings. The molecule has 3 heterocycles. The fraction of sp³-hybridized carbons (Fsp3) is 0.750. The van der Waals surface area contributed by atoms with Crippen molar-refractivity contribution in [3.8, 4) is 0 Å². The Hall–Kier alpha value is -7.06. The van der Waals surface area contributed by atoms with Crippen LogP contribution in [0.1, 0.15) is 187 Å². The third-order valence-corrected chi connectivity index (χ3v) is 22.5. The molecule has 28 heteroatoms. The number of rotatable bonds is 10. The maximum Gasteiger partial charge on any atom is 0.417 e. The predicted octanol–water partition coefficient (Wildman–Crippen LogP) is 6.03. The quantitative estimate of drug-likeness (QED) is 0.242. The number of likely N-dealkylation sites (N-methyl/N-ethyl adjacent to an activating group) is 7. The van der Waals surface area contributed by atoms with Gasteiger partial charge in [0.05, 0.1) is 36.6 Å². The number of carbonyl (C=O) groups excluding carboxylic acids is 12. The number of piperidine rings is 1. The average Bonchev–Trinajstić information content (AvgIpc) is 1.38. The Morgan fingerprint density at radius 1 is 0.620 bits per heavy atom. The number of aryl methyl sites for hydroxylation is 1. The van der Waals surface area contributed by atoms with E-state index in [2.05, 4.69) is 16.0 Å². The smallest absolute Gasteiger partial charge is 0.343 e. The average molecular weight is 1430 g/mol. The van der Waals surface area contributed by atoms with Gasteiger partial charge >= 0.3 is 6.18 Å². The first-order chi connectivity index (χ1) is 47.2. The summed E-state index contributed by atoms with van der Waals surface area (Å²) in [7, 11) is 9.99. The molecule has 3 saturated heterocycles. The van der Waals surface area contributed by atoms with E-state index in [-0.39, 0.29) is 56.9 Å². The second kappa shape index (κ2) is 35.7. The number of likely N-dealkylation sites (tertiary alicyclic amines) is 1. The summed E-state index contributed by atoms with van der Waals surface area (Å²) >= 11 is 6.15. The van der Waals surface area contributed by atoms with E-state index in [9.17, 15) is 37.1 Å². The Balaban J connectivity index is 1.28. The van der Waals surface area contributed by atoms with Crippen LogP contribution >= 0.6 is 11.6 Å². The highest BCUT2D eigenvalue weighted by atomic mass is 35.5. The van der Waals surface area contributed by atoms with Crippen LogP contribution in [0.2, 0.25) is 5.02 Å². The maximum absolute atomic E-state index is 15.5. The lowest BCUT2D eigenvalue weighted by molar-refractivity contribution is -0.156. The number of nitrogens with zero attached hydrogens (tertiary/aromatic N) is 9. The fourth-order valence-corrected chi connectivity index (χ4v) is 16.2. The molecule has 0 bridgehead atoms. The predicted molar refractivity (Wildman–Crippen MR) is 369 cm³/mol. The molecule has 3 aliphatic carbocycles. The van der Waals surface area contributed by atoms with E-state index in [1.165, 1.54) is 84.8 Å². The van der Waals surface area contributed by atoms with Crippen molar-refractivity contribution in [2.45, 2.75) is 236 Å². The Labute approximate surface area is 593 Å². The summed E-state index contributed by atoms with van der Waals surface area (Å²) < 4.78 is 41.6. The van der Waals surface area contributed by atoms with Gasteiger partial charge in [-0.25, -0.2) is 0 Å². The molecule has 0 unspecified atom stereocenters. The number of alkyl halides is 3. The Morgan fingerprint density at radius 3 is 1.82 bits per heavy atom. The minimum atomic E-state index is -4.76. The van der Waals surface area contributed by atoms with Gasteiger partial charge in [0.1, 0.15) is 47.8 Å². The van der Waals surface area contributed by atoms with E-state index in [4.69, 9.17) is 11.6 Å². The second-order valence-electron chi connectivity index (χ2n) is 29.7. The van der Waals surface area contributed by atoms with E-state index < -0.39 is 173 Å². The first-order valence-corrected chi connectivity index (χ1v) is 36.7. The molecule has 3 aliphatic heterocycles. The van der Waals surface area contributed by atoms with Crippen LogP contribution in [0.3, 0.4) is 0 Å². The molecule has 558 valence electrons. The number of hydrogen-bond donors (Lipinski definition) is 3. The standard InChI is InChI=1S/C72H110ClF3N12O12/c1-12-46(4)60-68(98)82(7)43-58(91)80(5)44-59(92)83(8)54(40-47-25-16-13-17-26-47)66(96)81(6)42-56(89)77-52(33-31-48-30-32-50(51(73)39-48)72(74,75)76)65(95)88-38-24-29-53(88)63(93)79-71(34-20-21-35-71)70(100)86(11)61(45(2)3)69(99)84(9)55(67(97)87-36-22-15-23-37-87)41-57(90)85(10)62(64(94)78-60)49-27-18-14-19-28-49/h30,32,39,45-47,49,52-55,60-62H,12-29,31,33-38,40-44H2,1-11H3,(H,77,89)(H,78,94)(H,79,93)/t46-,52-,53-,54-,55-,60-,61-,62-/m0/s1. The molecule has 24 nitrogen and oxygen atoms in total. The van der Waals surface area contributed by atoms with E-state index >= 15 is 33.6 Å². The van der Waals surface area contributed by atoms with Gasteiger partial charge in [0, 0.05) is 69.0 Å². The van der Waals surface area contributed by atoms with Crippen molar-refractivity contribution in [3.05, 3.63) is 34.3 Å². The molecule has 1 aromatic rings. The van der Waals surface area contributed by atoms with Gasteiger partial charge in [-0.3, -0.25) is 57.5 Å². The zero-order chi connectivity index (χ0) is 73.7. The molecule has 3 saturated carbocycles. The van der Waals surface area contributed by atoms with Crippen LogP contribution in [0.4, 0.5) is 13.2 Å². The fourth-order valence-electron chi connectivity index (χ4n) is 15.9. The van der Waals surface area contributed by atoms with Gasteiger partial charge < -0.3 is 60.0 Å². The minimum absolute atomic E-state index is 0.0206. The summed E-state index contributed by atoms with van der Waals surface area (Å²) in [5, 5.41) is 8.20. The van der Waals surface area contributed by atoms with Crippen molar-refractivity contribution in [1.82, 2.24) is 60.0 Å². The van der Waals surface area contributed by atoms with Crippen molar-refractivity contribution >= 4 is 82.5 Å². The molecule has 8 atom stereocenters. The molecule has 100 heavy (non-hydrogen) atoms. The normalized spacial score (nSPS) is 26.9. The van der Waals surface area contributed by atoms with Crippen molar-refractivity contribution < 1.29 is 70.7 Å². The Kier molecular flexibility index (Phi) is 28.7. The monoisotopic (exact) mass is 1430 g/mol. The van der Waals surface area contributed by atoms with Gasteiger partial charge in [0.15, 0.2) is 0 Å². The summed E-state index contributed by atoms with van der Waals surface area (Å²) in [5.41, 5.74) is -2.35. The summed E-state index contributed by atoms with van der Waals surface area (Å²) in [5.74, 6) is -9.10. The number of nitrogens with one attached hydrogen (secondary N) is 3. The largest absolute Gasteiger partial charge is 0.417 e. The van der Waals surface area contributed by atoms with Gasteiger partial charge in [-0.05, 0) is 118 Å². The lowest BCUT2D eigenvalue weighted by Crippen LogP contribution is -2.65. The molecule has 0 radical (unpaired) electrons. The molecular formula is C72H110ClF3N12O12. The molecule has 12 amide bonds. The minimum Gasteiger partial charge on any atom is -0.343 e. The van der Waals surface area contributed by atoms with Gasteiger partial charge in [-0.15, -0.1) is 0 Å². The number of fused-ring (bicyclic) bond motifs is 1. The SMILES string of the molecule is CC[C@H](C)[C@@H]1NC(=O)[C@H](C2CCCCC2)N(C)C(=O)C[C@@H](C(=O)N2CCCCC2)N(C)C(=O)[C@H](C(C)C)N(C)C(=O)C2(CCCC2)NC(=O)[C@@H]2CCCN2C(=O)[C@H](CCc2ccc(C(F)(F)F)c(Cl)c2)NC(=O)CN(C)C(=O)[C@H](CC2CCCCC2)N(C)C(=O)CN(C)C(=O)CN(C)C1=O. The van der Waals surface area contributed by atoms with Crippen LogP contribution in [-0.4, -0.2) is 251 Å². The van der Waals surface area contributed by atoms with E-state index in [0.717, 1.165) is 79.7 Å². The number of carbonyl (C=O) groups is 12. The number of benzene rings is 1. The third kappa shape index (κ3) is 19.8. The summed E-state index contributed by atoms with van der Waals surface area (Å²) in [6.07, 6.45) is 7.04. The van der Waals surface area contributed by atoms with Crippen molar-refractivity contribution in [1.29, 1.82) is 0 Å². The van der Waals surface area contributed by atoms with E-state index in [1.807, 2.05) is 6.92 Å². The Bertz CT molecular complexity index is 3120. The molecule has 7 rings (SSSR count). The first-order valence-electron chi connectivity index (χ1n) is 36.4. The van der Waals surface area contributed by atoms with Gasteiger partial charge in [0.2, 0.25) is 70.9 Å². The summed E-state index contributed by atoms with van der Waals surface area (Å²) in [4.78, 5) is 191. The third-order valence-electron chi connectivity index (χ3n) is 22.2. The Morgan fingerprint density at radius 2 is 1.22 bits per heavy atom. The van der Waals surface area contributed by atoms with Crippen LogP contribution in [0.15, 0.2) is 18.2 Å². The zero-order valence-electron chi connectivity index (χ0n) is 60.7. The van der Waals surface area contributed by atoms with Crippen LogP contribution in [0, 0.1) is 23.7 Å². The van der Waals surface area contributed by atoms with Crippen molar-refractivity contribution in [3.63, 3.8) is 0 Å². The van der Waals surface area contributed by atoms with Gasteiger partial charge in [-0.1, -0.05) is 116 Å². The zero-order valence-corrected chi connectivity index (χ0v) is 61.5. The van der Waals surface area contributed by atoms with E-state index in [1.54, 1.807) is 25.7 Å². The summed E-state index contributed by atoms with van der Waals surface area (Å²) in [6, 6.07) is -5.55. The highest BCUT2D eigenvalue weighted by molar-refractivity contribution is 6.31. The molecular weight excluding hydrogens is 1320 g/mol. The van der Waals surface area contributed by atoms with Gasteiger partial charge in [-0.2, -0.15) is 13.2 Å². The van der Waals surface area contributed by atoms with Crippen LogP contribution in [0.25, 0.3) is 0 Å². The molecule has 0 aromatic heterocycles. The maximum atomic E-state index is 15.5. The second-order valence-corrected chi connectivity index (χ2v) is 30.1. The van der Waals surface area contributed by atoms with Gasteiger partial charge in [0.25, 0.3) is 0 Å². The highest BCUT2D eigenvalue weighted by Crippen LogP contribution is 2.38. The number of halogens is 4. The van der Waals surface area contributed by atoms with Crippen LogP contribution in [0.5, 0.6) is 0 Å². The molecule has 6 fully saturated rings. The van der Waals surface area contributed by atoms with Crippen molar-refractivity contribution in [2.24, 2.45) is 23.7 Å². The topological polar surface area (TPSA) is 270 Å². The van der Waals surface area contributed by atoms with Crippen LogP contribution < -0.4 is 16.0 Å². The molecule has 1 aromatic carbocycles.